The van der Waals surface area contributed by atoms with Gasteiger partial charge >= 0.3 is 5.97 Å². The normalized spacial score (nSPS) is 11.1. The second kappa shape index (κ2) is 11.3. The van der Waals surface area contributed by atoms with Crippen molar-refractivity contribution in [1.82, 2.24) is 10.4 Å². The lowest BCUT2D eigenvalue weighted by molar-refractivity contribution is 0.0733. The molecule has 38 heavy (non-hydrogen) atoms. The molecule has 0 radical (unpaired) electrons. The molecule has 2 N–H and O–H groups in total. The van der Waals surface area contributed by atoms with Gasteiger partial charge in [0.1, 0.15) is 5.69 Å². The molecule has 0 atom stereocenters. The number of hydrogen-bond acceptors (Lipinski definition) is 4. The van der Waals surface area contributed by atoms with E-state index >= 15 is 0 Å². The second-order valence-electron chi connectivity index (χ2n) is 8.16. The highest BCUT2D eigenvalue weighted by atomic mass is 79.9. The number of rotatable bonds is 6. The summed E-state index contributed by atoms with van der Waals surface area (Å²) in [5.41, 5.74) is 6.18. The fourth-order valence-corrected chi connectivity index (χ4v) is 5.54. The lowest BCUT2D eigenvalue weighted by Crippen LogP contribution is -2.19. The zero-order chi connectivity index (χ0) is 26.6. The predicted octanol–water partition coefficient (Wildman–Crippen LogP) is 8.00. The van der Waals surface area contributed by atoms with E-state index < -0.39 is 11.9 Å². The van der Waals surface area contributed by atoms with Crippen molar-refractivity contribution in [1.29, 1.82) is 0 Å². The van der Waals surface area contributed by atoms with E-state index in [1.54, 1.807) is 36.4 Å². The highest BCUT2D eigenvalue weighted by Crippen LogP contribution is 2.34. The second-order valence-corrected chi connectivity index (χ2v) is 10.3. The molecule has 0 aliphatic rings. The van der Waals surface area contributed by atoms with Crippen LogP contribution in [-0.4, -0.2) is 23.1 Å². The third-order valence-electron chi connectivity index (χ3n) is 5.69. The molecule has 188 valence electrons. The summed E-state index contributed by atoms with van der Waals surface area (Å²) in [6.45, 7) is 0. The minimum atomic E-state index is -0.622. The molecule has 1 heterocycles. The number of halogens is 3. The maximum absolute atomic E-state index is 13.2. The van der Waals surface area contributed by atoms with Crippen LogP contribution in [0.25, 0.3) is 22.0 Å². The van der Waals surface area contributed by atoms with Gasteiger partial charge in [-0.1, -0.05) is 88.2 Å². The Labute approximate surface area is 239 Å². The summed E-state index contributed by atoms with van der Waals surface area (Å²) in [6, 6.07) is 27.5. The Kier molecular flexibility index (Phi) is 7.74. The largest absolute Gasteiger partial charge is 0.421 e. The van der Waals surface area contributed by atoms with Crippen molar-refractivity contribution in [3.05, 3.63) is 122 Å². The van der Waals surface area contributed by atoms with Gasteiger partial charge in [0.15, 0.2) is 5.75 Å². The molecule has 0 spiro atoms. The van der Waals surface area contributed by atoms with Crippen molar-refractivity contribution in [3.8, 4) is 16.9 Å². The summed E-state index contributed by atoms with van der Waals surface area (Å²) >= 11 is 13.0. The third kappa shape index (κ3) is 5.43. The van der Waals surface area contributed by atoms with Crippen LogP contribution in [0.15, 0.2) is 105 Å². The fourth-order valence-electron chi connectivity index (χ4n) is 3.99. The number of para-hydroxylation sites is 1. The summed E-state index contributed by atoms with van der Waals surface area (Å²) in [5, 5.41) is 5.37. The van der Waals surface area contributed by atoms with Gasteiger partial charge in [0.25, 0.3) is 5.91 Å². The van der Waals surface area contributed by atoms with Crippen molar-refractivity contribution < 1.29 is 14.3 Å². The van der Waals surface area contributed by atoms with Crippen LogP contribution in [0.3, 0.4) is 0 Å². The van der Waals surface area contributed by atoms with Crippen molar-refractivity contribution in [2.45, 2.75) is 0 Å². The number of nitrogens with one attached hydrogen (secondary N) is 2. The summed E-state index contributed by atoms with van der Waals surface area (Å²) in [7, 11) is 0. The Hall–Kier alpha value is -3.72. The van der Waals surface area contributed by atoms with Crippen LogP contribution in [0.1, 0.15) is 26.4 Å². The number of hydrogen-bond donors (Lipinski definition) is 2. The summed E-state index contributed by atoms with van der Waals surface area (Å²) < 4.78 is 6.89. The molecular formula is C29H18Br2ClN3O3. The molecule has 0 fully saturated rings. The van der Waals surface area contributed by atoms with Crippen LogP contribution >= 0.6 is 43.5 Å². The first-order chi connectivity index (χ1) is 18.4. The first-order valence-corrected chi connectivity index (χ1v) is 13.3. The van der Waals surface area contributed by atoms with Gasteiger partial charge in [-0.15, -0.1) is 0 Å². The zero-order valence-corrected chi connectivity index (χ0v) is 23.5. The van der Waals surface area contributed by atoms with E-state index in [2.05, 4.69) is 47.4 Å². The lowest BCUT2D eigenvalue weighted by Gasteiger charge is -2.11. The topological polar surface area (TPSA) is 83.5 Å². The molecule has 6 nitrogen and oxygen atoms in total. The van der Waals surface area contributed by atoms with Crippen LogP contribution in [0.4, 0.5) is 0 Å². The SMILES string of the molecule is O=C(Oc1c(Br)cc(Br)cc1C=NNC(=O)c1[nH]c2ccccc2c1-c1ccccc1)c1ccccc1Cl. The van der Waals surface area contributed by atoms with E-state index in [-0.39, 0.29) is 16.3 Å². The Morgan fingerprint density at radius 1 is 0.921 bits per heavy atom. The average Bonchev–Trinajstić information content (AvgIpc) is 3.31. The molecule has 9 heteroatoms. The van der Waals surface area contributed by atoms with Gasteiger partial charge in [-0.05, 0) is 51.8 Å². The number of carbonyl (C=O) groups is 2. The van der Waals surface area contributed by atoms with E-state index in [1.165, 1.54) is 6.21 Å². The first kappa shape index (κ1) is 25.9. The number of ether oxygens (including phenoxy) is 1. The van der Waals surface area contributed by atoms with Crippen LogP contribution in [0.2, 0.25) is 5.02 Å². The van der Waals surface area contributed by atoms with E-state index in [9.17, 15) is 9.59 Å². The zero-order valence-electron chi connectivity index (χ0n) is 19.5. The third-order valence-corrected chi connectivity index (χ3v) is 7.07. The number of H-pyrrole nitrogens is 1. The number of nitrogens with zero attached hydrogens (tertiary/aromatic N) is 1. The highest BCUT2D eigenvalue weighted by Gasteiger charge is 2.20. The number of fused-ring (bicyclic) bond motifs is 1. The molecule has 0 bridgehead atoms. The smallest absolute Gasteiger partial charge is 0.345 e. The molecule has 0 saturated carbocycles. The van der Waals surface area contributed by atoms with Gasteiger partial charge in [0.05, 0.1) is 21.3 Å². The van der Waals surface area contributed by atoms with E-state index in [0.29, 0.717) is 15.7 Å². The number of hydrazone groups is 1. The fraction of sp³-hybridized carbons (Fsp3) is 0. The number of aromatic nitrogens is 1. The maximum Gasteiger partial charge on any atom is 0.345 e. The molecule has 5 aromatic rings. The lowest BCUT2D eigenvalue weighted by atomic mass is 10.0. The molecule has 0 aliphatic carbocycles. The Balaban J connectivity index is 1.43. The van der Waals surface area contributed by atoms with E-state index in [0.717, 1.165) is 26.5 Å². The number of aromatic amines is 1. The van der Waals surface area contributed by atoms with Gasteiger partial charge in [-0.2, -0.15) is 5.10 Å². The Morgan fingerprint density at radius 2 is 1.63 bits per heavy atom. The summed E-state index contributed by atoms with van der Waals surface area (Å²) in [6.07, 6.45) is 1.41. The Morgan fingerprint density at radius 3 is 2.42 bits per heavy atom. The van der Waals surface area contributed by atoms with Crippen molar-refractivity contribution >= 4 is 72.5 Å². The minimum Gasteiger partial charge on any atom is -0.421 e. The molecule has 0 unspecified atom stereocenters. The predicted molar refractivity (Wildman–Crippen MR) is 157 cm³/mol. The number of amides is 1. The summed E-state index contributed by atoms with van der Waals surface area (Å²) in [4.78, 5) is 29.2. The molecular weight excluding hydrogens is 634 g/mol. The summed E-state index contributed by atoms with van der Waals surface area (Å²) in [5.74, 6) is -0.811. The Bertz CT molecular complexity index is 1700. The van der Waals surface area contributed by atoms with Gasteiger partial charge in [-0.3, -0.25) is 4.79 Å². The van der Waals surface area contributed by atoms with Crippen LogP contribution < -0.4 is 10.2 Å². The van der Waals surface area contributed by atoms with E-state index in [1.807, 2.05) is 54.6 Å². The number of carbonyl (C=O) groups excluding carboxylic acids is 2. The van der Waals surface area contributed by atoms with Crippen molar-refractivity contribution in [2.75, 3.05) is 0 Å². The highest BCUT2D eigenvalue weighted by molar-refractivity contribution is 9.11. The quantitative estimate of drug-likeness (QED) is 0.0845. The van der Waals surface area contributed by atoms with Gasteiger partial charge in [0, 0.05) is 26.5 Å². The van der Waals surface area contributed by atoms with Crippen molar-refractivity contribution in [2.24, 2.45) is 5.10 Å². The standard InChI is InChI=1S/C29H18Br2ClN3O3/c30-19-14-18(27(22(31)15-19)38-29(37)20-10-4-6-12-23(20)32)16-33-35-28(36)26-25(17-8-2-1-3-9-17)21-11-5-7-13-24(21)34-26/h1-16,34H,(H,35,36). The van der Waals surface area contributed by atoms with Crippen molar-refractivity contribution in [3.63, 3.8) is 0 Å². The maximum atomic E-state index is 13.2. The molecule has 0 aliphatic heterocycles. The monoisotopic (exact) mass is 649 g/mol. The number of benzene rings is 4. The molecule has 1 aromatic heterocycles. The molecule has 5 rings (SSSR count). The van der Waals surface area contributed by atoms with Crippen LogP contribution in [0.5, 0.6) is 5.75 Å². The van der Waals surface area contributed by atoms with Crippen LogP contribution in [-0.2, 0) is 0 Å². The minimum absolute atomic E-state index is 0.228. The van der Waals surface area contributed by atoms with E-state index in [4.69, 9.17) is 16.3 Å². The van der Waals surface area contributed by atoms with Gasteiger partial charge in [-0.25, -0.2) is 10.2 Å². The molecule has 0 saturated heterocycles. The van der Waals surface area contributed by atoms with Gasteiger partial charge < -0.3 is 9.72 Å². The first-order valence-electron chi connectivity index (χ1n) is 11.4. The van der Waals surface area contributed by atoms with Crippen LogP contribution in [0, 0.1) is 0 Å². The average molecular weight is 652 g/mol. The molecule has 4 aromatic carbocycles. The van der Waals surface area contributed by atoms with Gasteiger partial charge in [0.2, 0.25) is 0 Å². The number of esters is 1. The molecule has 1 amide bonds.